The molecule has 1 aromatic carbocycles. The quantitative estimate of drug-likeness (QED) is 0.618. The van der Waals surface area contributed by atoms with E-state index in [4.69, 9.17) is 4.74 Å². The molecule has 5 heteroatoms. The second kappa shape index (κ2) is 6.47. The van der Waals surface area contributed by atoms with Gasteiger partial charge in [0.15, 0.2) is 0 Å². The zero-order chi connectivity index (χ0) is 14.4. The molecule has 0 spiro atoms. The van der Waals surface area contributed by atoms with Crippen LogP contribution in [-0.4, -0.2) is 9.91 Å². The summed E-state index contributed by atoms with van der Waals surface area (Å²) in [6.45, 7) is 2.39. The van der Waals surface area contributed by atoms with Gasteiger partial charge in [-0.2, -0.15) is 0 Å². The van der Waals surface area contributed by atoms with Crippen molar-refractivity contribution in [1.29, 1.82) is 0 Å². The van der Waals surface area contributed by atoms with Crippen molar-refractivity contribution in [3.63, 3.8) is 0 Å². The second-order valence-corrected chi connectivity index (χ2v) is 4.30. The van der Waals surface area contributed by atoms with Crippen LogP contribution in [0.1, 0.15) is 16.7 Å². The van der Waals surface area contributed by atoms with Crippen LogP contribution in [0.15, 0.2) is 48.8 Å². The highest BCUT2D eigenvalue weighted by atomic mass is 16.6. The molecule has 0 amide bonds. The molecule has 0 atom stereocenters. The van der Waals surface area contributed by atoms with Crippen LogP contribution in [0, 0.1) is 17.0 Å². The van der Waals surface area contributed by atoms with Gasteiger partial charge in [0.05, 0.1) is 4.92 Å². The molecule has 0 N–H and O–H groups in total. The van der Waals surface area contributed by atoms with Crippen LogP contribution in [0.3, 0.4) is 0 Å². The molecule has 0 unspecified atom stereocenters. The summed E-state index contributed by atoms with van der Waals surface area (Å²) in [6, 6.07) is 11.1. The predicted molar refractivity (Wildman–Crippen MR) is 75.8 cm³/mol. The average molecular weight is 270 g/mol. The number of ether oxygens (including phenoxy) is 1. The van der Waals surface area contributed by atoms with Gasteiger partial charge >= 0.3 is 0 Å². The largest absolute Gasteiger partial charge is 0.473 e. The predicted octanol–water partition coefficient (Wildman–Crippen LogP) is 3.22. The second-order valence-electron chi connectivity index (χ2n) is 4.30. The summed E-state index contributed by atoms with van der Waals surface area (Å²) >= 11 is 0. The molecular formula is C15H14N2O3. The molecule has 2 aromatic rings. The van der Waals surface area contributed by atoms with E-state index in [0.29, 0.717) is 12.5 Å². The van der Waals surface area contributed by atoms with Gasteiger partial charge in [-0.1, -0.05) is 24.3 Å². The molecule has 0 aliphatic carbocycles. The molecule has 20 heavy (non-hydrogen) atoms. The third-order valence-electron chi connectivity index (χ3n) is 2.65. The van der Waals surface area contributed by atoms with E-state index >= 15 is 0 Å². The molecule has 0 bridgehead atoms. The van der Waals surface area contributed by atoms with Crippen molar-refractivity contribution in [1.82, 2.24) is 4.98 Å². The number of aryl methyl sites for hydroxylation is 1. The number of aromatic nitrogens is 1. The standard InChI is InChI=1S/C15H14N2O3/c1-12-6-8-16-15(10-12)20-11-14-4-2-13(3-5-14)7-9-17(18)19/h2-10H,11H2,1H3/b9-7+. The van der Waals surface area contributed by atoms with Gasteiger partial charge in [-0.05, 0) is 29.7 Å². The Hall–Kier alpha value is -2.69. The minimum absolute atomic E-state index is 0.412. The Morgan fingerprint density at radius 1 is 1.30 bits per heavy atom. The minimum Gasteiger partial charge on any atom is -0.473 e. The van der Waals surface area contributed by atoms with Crippen molar-refractivity contribution < 1.29 is 9.66 Å². The van der Waals surface area contributed by atoms with Gasteiger partial charge in [0, 0.05) is 18.3 Å². The van der Waals surface area contributed by atoms with Crippen molar-refractivity contribution in [2.75, 3.05) is 0 Å². The Bertz CT molecular complexity index is 621. The van der Waals surface area contributed by atoms with E-state index in [9.17, 15) is 10.1 Å². The summed E-state index contributed by atoms with van der Waals surface area (Å²) < 4.78 is 5.57. The van der Waals surface area contributed by atoms with E-state index in [1.54, 1.807) is 6.20 Å². The lowest BCUT2D eigenvalue weighted by Crippen LogP contribution is -1.97. The summed E-state index contributed by atoms with van der Waals surface area (Å²) in [5.41, 5.74) is 2.85. The van der Waals surface area contributed by atoms with Gasteiger partial charge < -0.3 is 4.74 Å². The monoisotopic (exact) mass is 270 g/mol. The lowest BCUT2D eigenvalue weighted by atomic mass is 10.1. The zero-order valence-corrected chi connectivity index (χ0v) is 11.0. The van der Waals surface area contributed by atoms with E-state index in [0.717, 1.165) is 22.9 Å². The van der Waals surface area contributed by atoms with Gasteiger partial charge in [-0.15, -0.1) is 0 Å². The van der Waals surface area contributed by atoms with Crippen molar-refractivity contribution in [3.8, 4) is 5.88 Å². The number of rotatable bonds is 5. The Kier molecular flexibility index (Phi) is 4.44. The maximum Gasteiger partial charge on any atom is 0.235 e. The van der Waals surface area contributed by atoms with Gasteiger partial charge in [-0.25, -0.2) is 4.98 Å². The van der Waals surface area contributed by atoms with Crippen LogP contribution in [0.2, 0.25) is 0 Å². The molecule has 5 nitrogen and oxygen atoms in total. The summed E-state index contributed by atoms with van der Waals surface area (Å²) in [5, 5.41) is 10.2. The SMILES string of the molecule is Cc1ccnc(OCc2ccc(/C=C/[N+](=O)[O-])cc2)c1. The van der Waals surface area contributed by atoms with E-state index in [1.165, 1.54) is 6.08 Å². The number of hydrogen-bond donors (Lipinski definition) is 0. The maximum atomic E-state index is 10.2. The van der Waals surface area contributed by atoms with Gasteiger partial charge in [0.1, 0.15) is 6.61 Å². The van der Waals surface area contributed by atoms with Crippen molar-refractivity contribution in [2.24, 2.45) is 0 Å². The van der Waals surface area contributed by atoms with Crippen LogP contribution in [0.25, 0.3) is 6.08 Å². The lowest BCUT2D eigenvalue weighted by molar-refractivity contribution is -0.400. The normalized spacial score (nSPS) is 10.7. The van der Waals surface area contributed by atoms with Crippen molar-refractivity contribution >= 4 is 6.08 Å². The van der Waals surface area contributed by atoms with Crippen molar-refractivity contribution in [2.45, 2.75) is 13.5 Å². The Labute approximate surface area is 116 Å². The number of benzene rings is 1. The fourth-order valence-electron chi connectivity index (χ4n) is 1.62. The zero-order valence-electron chi connectivity index (χ0n) is 11.0. The van der Waals surface area contributed by atoms with E-state index in [-0.39, 0.29) is 0 Å². The van der Waals surface area contributed by atoms with Crippen LogP contribution in [0.4, 0.5) is 0 Å². The average Bonchev–Trinajstić information content (AvgIpc) is 2.44. The van der Waals surface area contributed by atoms with Gasteiger partial charge in [-0.3, -0.25) is 10.1 Å². The van der Waals surface area contributed by atoms with E-state index in [1.807, 2.05) is 43.3 Å². The molecule has 0 radical (unpaired) electrons. The summed E-state index contributed by atoms with van der Waals surface area (Å²) in [7, 11) is 0. The third-order valence-corrected chi connectivity index (χ3v) is 2.65. The number of nitro groups is 1. The van der Waals surface area contributed by atoms with Crippen LogP contribution in [0.5, 0.6) is 5.88 Å². The van der Waals surface area contributed by atoms with E-state index < -0.39 is 4.92 Å². The van der Waals surface area contributed by atoms with Gasteiger partial charge in [0.2, 0.25) is 12.1 Å². The third kappa shape index (κ3) is 4.20. The Morgan fingerprint density at radius 2 is 2.05 bits per heavy atom. The number of pyridine rings is 1. The molecule has 1 aromatic heterocycles. The lowest BCUT2D eigenvalue weighted by Gasteiger charge is -2.06. The summed E-state index contributed by atoms with van der Waals surface area (Å²) in [5.74, 6) is 0.585. The van der Waals surface area contributed by atoms with Crippen molar-refractivity contribution in [3.05, 3.63) is 75.6 Å². The molecule has 0 fully saturated rings. The molecule has 1 heterocycles. The first kappa shape index (κ1) is 13.7. The summed E-state index contributed by atoms with van der Waals surface area (Å²) in [6.07, 6.45) is 4.07. The number of hydrogen-bond acceptors (Lipinski definition) is 4. The number of nitrogens with zero attached hydrogens (tertiary/aromatic N) is 2. The minimum atomic E-state index is -0.486. The maximum absolute atomic E-state index is 10.2. The van der Waals surface area contributed by atoms with Gasteiger partial charge in [0.25, 0.3) is 0 Å². The highest BCUT2D eigenvalue weighted by Crippen LogP contribution is 2.12. The molecule has 0 saturated carbocycles. The first-order chi connectivity index (χ1) is 9.63. The van der Waals surface area contributed by atoms with Crippen LogP contribution in [-0.2, 0) is 6.61 Å². The fraction of sp³-hybridized carbons (Fsp3) is 0.133. The summed E-state index contributed by atoms with van der Waals surface area (Å²) in [4.78, 5) is 13.8. The fourth-order valence-corrected chi connectivity index (χ4v) is 1.62. The molecule has 0 aliphatic heterocycles. The smallest absolute Gasteiger partial charge is 0.235 e. The molecule has 2 rings (SSSR count). The van der Waals surface area contributed by atoms with Crippen LogP contribution >= 0.6 is 0 Å². The molecule has 102 valence electrons. The highest BCUT2D eigenvalue weighted by Gasteiger charge is 1.98. The first-order valence-electron chi connectivity index (χ1n) is 6.09. The van der Waals surface area contributed by atoms with E-state index in [2.05, 4.69) is 4.98 Å². The molecule has 0 aliphatic rings. The molecular weight excluding hydrogens is 256 g/mol. The molecule has 0 saturated heterocycles. The highest BCUT2D eigenvalue weighted by molar-refractivity contribution is 5.48. The Balaban J connectivity index is 1.95. The Morgan fingerprint density at radius 3 is 2.70 bits per heavy atom. The topological polar surface area (TPSA) is 65.3 Å². The first-order valence-corrected chi connectivity index (χ1v) is 6.09. The van der Waals surface area contributed by atoms with Crippen LogP contribution < -0.4 is 4.74 Å².